The minimum atomic E-state index is -3.95. The van der Waals surface area contributed by atoms with Gasteiger partial charge in [-0.3, -0.25) is 9.52 Å². The molecule has 0 spiro atoms. The maximum absolute atomic E-state index is 12.9. The maximum Gasteiger partial charge on any atom is 0.276 e. The highest BCUT2D eigenvalue weighted by Crippen LogP contribution is 2.27. The number of hydrogen-bond acceptors (Lipinski definition) is 5. The molecule has 168 valence electrons. The third-order valence-corrected chi connectivity index (χ3v) is 7.97. The Morgan fingerprint density at radius 1 is 1.10 bits per heavy atom. The van der Waals surface area contributed by atoms with E-state index in [0.29, 0.717) is 24.1 Å². The van der Waals surface area contributed by atoms with Crippen molar-refractivity contribution in [1.29, 1.82) is 0 Å². The fourth-order valence-corrected chi connectivity index (χ4v) is 5.64. The monoisotopic (exact) mass is 486 g/mol. The minimum absolute atomic E-state index is 0.00858. The second-order valence-electron chi connectivity index (χ2n) is 7.27. The number of rotatable bonds is 6. The lowest BCUT2D eigenvalue weighted by molar-refractivity contribution is -0.120. The first-order valence-corrected chi connectivity index (χ1v) is 12.8. The number of anilines is 2. The normalized spacial score (nSPS) is 16.1. The van der Waals surface area contributed by atoms with E-state index in [0.717, 1.165) is 4.31 Å². The van der Waals surface area contributed by atoms with Crippen molar-refractivity contribution in [2.75, 3.05) is 23.1 Å². The number of amides is 1. The topological polar surface area (TPSA) is 139 Å². The molecule has 0 saturated carbocycles. The van der Waals surface area contributed by atoms with Gasteiger partial charge in [0.25, 0.3) is 20.2 Å². The fourth-order valence-electron chi connectivity index (χ4n) is 3.33. The number of nitrogens with zero attached hydrogens (tertiary/aromatic N) is 1. The van der Waals surface area contributed by atoms with Gasteiger partial charge < -0.3 is 5.32 Å². The summed E-state index contributed by atoms with van der Waals surface area (Å²) < 4.78 is 52.2. The number of carbonyl (C=O) groups is 1. The Bertz CT molecular complexity index is 1190. The van der Waals surface area contributed by atoms with Crippen molar-refractivity contribution in [1.82, 2.24) is 4.31 Å². The summed E-state index contributed by atoms with van der Waals surface area (Å²) in [4.78, 5) is 12.6. The van der Waals surface area contributed by atoms with Gasteiger partial charge in [0.15, 0.2) is 0 Å². The van der Waals surface area contributed by atoms with E-state index < -0.39 is 26.2 Å². The van der Waals surface area contributed by atoms with Crippen LogP contribution >= 0.6 is 11.6 Å². The summed E-state index contributed by atoms with van der Waals surface area (Å²) in [5.74, 6) is -0.707. The molecular formula is C19H23ClN4O5S2. The molecular weight excluding hydrogens is 464 g/mol. The van der Waals surface area contributed by atoms with Gasteiger partial charge in [0.05, 0.1) is 15.6 Å². The molecule has 3 rings (SSSR count). The molecule has 1 amide bonds. The van der Waals surface area contributed by atoms with Crippen LogP contribution in [0.15, 0.2) is 47.4 Å². The molecule has 4 N–H and O–H groups in total. The average Bonchev–Trinajstić information content (AvgIpc) is 2.70. The predicted octanol–water partition coefficient (Wildman–Crippen LogP) is 2.30. The number of carbonyl (C=O) groups excluding carboxylic acids is 1. The van der Waals surface area contributed by atoms with E-state index in [-0.39, 0.29) is 34.6 Å². The van der Waals surface area contributed by atoms with Gasteiger partial charge in [0, 0.05) is 24.7 Å². The van der Waals surface area contributed by atoms with E-state index in [1.807, 2.05) is 0 Å². The highest BCUT2D eigenvalue weighted by Gasteiger charge is 2.29. The molecule has 1 aliphatic rings. The zero-order valence-electron chi connectivity index (χ0n) is 16.7. The number of piperidine rings is 1. The van der Waals surface area contributed by atoms with Gasteiger partial charge >= 0.3 is 0 Å². The van der Waals surface area contributed by atoms with Crippen LogP contribution in [-0.4, -0.2) is 40.1 Å². The second kappa shape index (κ2) is 9.13. The van der Waals surface area contributed by atoms with Crippen LogP contribution in [0.4, 0.5) is 11.4 Å². The molecule has 1 saturated heterocycles. The summed E-state index contributed by atoms with van der Waals surface area (Å²) in [6.07, 6.45) is 0.653. The van der Waals surface area contributed by atoms with Gasteiger partial charge in [-0.15, -0.1) is 0 Å². The zero-order valence-corrected chi connectivity index (χ0v) is 19.1. The molecule has 2 aromatic carbocycles. The third-order valence-electron chi connectivity index (χ3n) is 5.05. The summed E-state index contributed by atoms with van der Waals surface area (Å²) in [6.45, 7) is 1.97. The average molecular weight is 487 g/mol. The van der Waals surface area contributed by atoms with Crippen molar-refractivity contribution in [3.05, 3.63) is 53.1 Å². The van der Waals surface area contributed by atoms with Crippen molar-refractivity contribution in [3.63, 3.8) is 0 Å². The first kappa shape index (κ1) is 23.5. The molecule has 0 radical (unpaired) electrons. The van der Waals surface area contributed by atoms with Gasteiger partial charge in [-0.1, -0.05) is 29.8 Å². The molecule has 1 heterocycles. The highest BCUT2D eigenvalue weighted by molar-refractivity contribution is 7.92. The van der Waals surface area contributed by atoms with Crippen molar-refractivity contribution >= 4 is 49.1 Å². The van der Waals surface area contributed by atoms with Crippen LogP contribution in [-0.2, 0) is 25.0 Å². The number of aryl methyl sites for hydroxylation is 1. The lowest BCUT2D eigenvalue weighted by Crippen LogP contribution is -2.44. The van der Waals surface area contributed by atoms with E-state index in [1.54, 1.807) is 43.3 Å². The molecule has 2 aromatic rings. The lowest BCUT2D eigenvalue weighted by atomic mass is 9.97. The third kappa shape index (κ3) is 5.74. The molecule has 0 atom stereocenters. The first-order valence-electron chi connectivity index (χ1n) is 9.44. The van der Waals surface area contributed by atoms with Crippen molar-refractivity contribution < 1.29 is 21.6 Å². The Hall–Kier alpha value is -2.18. The van der Waals surface area contributed by atoms with Crippen LogP contribution in [0.5, 0.6) is 0 Å². The van der Waals surface area contributed by atoms with Gasteiger partial charge in [0.2, 0.25) is 5.91 Å². The smallest absolute Gasteiger partial charge is 0.276 e. The molecule has 0 bridgehead atoms. The number of nitrogens with one attached hydrogen (secondary N) is 2. The number of para-hydroxylation sites is 1. The van der Waals surface area contributed by atoms with Crippen LogP contribution in [0, 0.1) is 12.8 Å². The van der Waals surface area contributed by atoms with Gasteiger partial charge in [-0.05, 0) is 49.6 Å². The molecule has 31 heavy (non-hydrogen) atoms. The summed E-state index contributed by atoms with van der Waals surface area (Å²) in [6, 6.07) is 11.1. The minimum Gasteiger partial charge on any atom is -0.326 e. The number of benzene rings is 2. The number of nitrogens with two attached hydrogens (primary N) is 1. The Kier molecular flexibility index (Phi) is 6.92. The van der Waals surface area contributed by atoms with Crippen LogP contribution in [0.25, 0.3) is 0 Å². The summed E-state index contributed by atoms with van der Waals surface area (Å²) >= 11 is 6.05. The van der Waals surface area contributed by atoms with Crippen LogP contribution < -0.4 is 15.2 Å². The van der Waals surface area contributed by atoms with Gasteiger partial charge in [-0.25, -0.2) is 13.6 Å². The molecule has 1 aliphatic heterocycles. The molecule has 9 nitrogen and oxygen atoms in total. The van der Waals surface area contributed by atoms with Crippen molar-refractivity contribution in [2.24, 2.45) is 11.1 Å². The van der Waals surface area contributed by atoms with Crippen molar-refractivity contribution in [2.45, 2.75) is 24.7 Å². The van der Waals surface area contributed by atoms with E-state index in [1.165, 1.54) is 6.07 Å². The van der Waals surface area contributed by atoms with E-state index in [4.69, 9.17) is 16.7 Å². The van der Waals surface area contributed by atoms with Gasteiger partial charge in [0.1, 0.15) is 0 Å². The fraction of sp³-hybridized carbons (Fsp3) is 0.316. The summed E-state index contributed by atoms with van der Waals surface area (Å²) in [7, 11) is -7.72. The van der Waals surface area contributed by atoms with E-state index in [9.17, 15) is 21.6 Å². The molecule has 12 heteroatoms. The maximum atomic E-state index is 12.9. The quantitative estimate of drug-likeness (QED) is 0.575. The van der Waals surface area contributed by atoms with Crippen LogP contribution in [0.1, 0.15) is 18.4 Å². The molecule has 0 unspecified atom stereocenters. The lowest BCUT2D eigenvalue weighted by Gasteiger charge is -2.29. The Labute approximate surface area is 186 Å². The number of sulfonamides is 1. The number of hydrogen-bond donors (Lipinski definition) is 3. The largest absolute Gasteiger partial charge is 0.326 e. The van der Waals surface area contributed by atoms with Gasteiger partial charge in [-0.2, -0.15) is 12.7 Å². The zero-order chi connectivity index (χ0) is 22.8. The Balaban J connectivity index is 1.74. The Morgan fingerprint density at radius 2 is 1.74 bits per heavy atom. The highest BCUT2D eigenvalue weighted by atomic mass is 35.5. The standard InChI is InChI=1S/C19H23ClN4O5S2/c1-13-6-7-15(22-19(25)14-8-10-24(11-9-14)31(21,28)29)12-18(13)30(26,27)23-17-5-3-2-4-16(17)20/h2-7,12,14,23H,8-11H2,1H3,(H,22,25)(H2,21,28,29). The molecule has 1 fully saturated rings. The predicted molar refractivity (Wildman–Crippen MR) is 119 cm³/mol. The first-order chi connectivity index (χ1) is 14.5. The SMILES string of the molecule is Cc1ccc(NC(=O)C2CCN(S(N)(=O)=O)CC2)cc1S(=O)(=O)Nc1ccccc1Cl. The van der Waals surface area contributed by atoms with Crippen LogP contribution in [0.2, 0.25) is 5.02 Å². The number of halogens is 1. The second-order valence-corrected chi connectivity index (χ2v) is 10.9. The Morgan fingerprint density at radius 3 is 2.35 bits per heavy atom. The van der Waals surface area contributed by atoms with Crippen molar-refractivity contribution in [3.8, 4) is 0 Å². The molecule has 0 aromatic heterocycles. The summed E-state index contributed by atoms with van der Waals surface area (Å²) in [5.41, 5.74) is 1.07. The summed E-state index contributed by atoms with van der Waals surface area (Å²) in [5, 5.41) is 8.10. The van der Waals surface area contributed by atoms with E-state index >= 15 is 0 Å². The van der Waals surface area contributed by atoms with E-state index in [2.05, 4.69) is 10.0 Å². The molecule has 0 aliphatic carbocycles. The van der Waals surface area contributed by atoms with Crippen LogP contribution in [0.3, 0.4) is 0 Å².